The van der Waals surface area contributed by atoms with E-state index in [9.17, 15) is 89.1 Å². The SMILES string of the molecule is O=C([O-])CC(O)(CC(=O)OC(CC(=O)[O-])(CC(=O)[O-])C(=O)[O-])C(=O)[O-].O=C([O-])CC(O)(CC(=O)[O-])C(=O)[O-].[Ca+2].[Ca+2].[Ca+2].[Ca+2]. The number of aliphatic hydroxyl groups is 2. The van der Waals surface area contributed by atoms with Gasteiger partial charge in [0.25, 0.3) is 0 Å². The number of aliphatic carboxylic acids is 8. The number of carbonyl (C=O) groups excluding carboxylic acids is 9. The van der Waals surface area contributed by atoms with Crippen molar-refractivity contribution in [3.63, 3.8) is 0 Å². The van der Waals surface area contributed by atoms with Crippen molar-refractivity contribution in [1.29, 1.82) is 0 Å². The molecule has 0 heterocycles. The molecule has 42 heavy (non-hydrogen) atoms. The zero-order valence-corrected chi connectivity index (χ0v) is 30.1. The van der Waals surface area contributed by atoms with Gasteiger partial charge in [0.05, 0.1) is 24.3 Å². The molecular weight excluding hydrogens is 696 g/mol. The number of hydrogen-bond acceptors (Lipinski definition) is 20. The Labute approximate surface area is 353 Å². The summed E-state index contributed by atoms with van der Waals surface area (Å²) in [6.07, 6.45) is -9.52. The van der Waals surface area contributed by atoms with E-state index in [2.05, 4.69) is 4.74 Å². The molecule has 0 aromatic rings. The Hall–Kier alpha value is 0.189. The summed E-state index contributed by atoms with van der Waals surface area (Å²) in [5.74, 6) is -19.4. The molecule has 0 radical (unpaired) electrons. The average molecular weight is 711 g/mol. The van der Waals surface area contributed by atoms with Crippen molar-refractivity contribution in [2.45, 2.75) is 55.3 Å². The van der Waals surface area contributed by atoms with Crippen LogP contribution in [0.15, 0.2) is 0 Å². The van der Waals surface area contributed by atoms with E-state index in [-0.39, 0.29) is 151 Å². The summed E-state index contributed by atoms with van der Waals surface area (Å²) < 4.78 is 4.14. The Morgan fingerprint density at radius 1 is 0.429 bits per heavy atom. The molecule has 0 spiro atoms. The van der Waals surface area contributed by atoms with Gasteiger partial charge in [0, 0.05) is 62.0 Å². The van der Waals surface area contributed by atoms with Gasteiger partial charge in [-0.1, -0.05) is 0 Å². The molecule has 0 saturated heterocycles. The van der Waals surface area contributed by atoms with Gasteiger partial charge >= 0.3 is 157 Å². The number of rotatable bonds is 16. The Bertz CT molecular complexity index is 981. The van der Waals surface area contributed by atoms with Crippen molar-refractivity contribution in [3.05, 3.63) is 0 Å². The van der Waals surface area contributed by atoms with Crippen molar-refractivity contribution in [2.75, 3.05) is 0 Å². The largest absolute Gasteiger partial charge is 2.00 e. The van der Waals surface area contributed by atoms with Crippen LogP contribution in [0.3, 0.4) is 0 Å². The van der Waals surface area contributed by atoms with Crippen LogP contribution in [0.25, 0.3) is 0 Å². The third kappa shape index (κ3) is 21.8. The minimum atomic E-state index is -3.39. The Kier molecular flexibility index (Phi) is 31.8. The number of carbonyl (C=O) groups is 9. The molecule has 0 amide bonds. The van der Waals surface area contributed by atoms with E-state index >= 15 is 0 Å². The van der Waals surface area contributed by atoms with E-state index in [0.29, 0.717) is 0 Å². The summed E-state index contributed by atoms with van der Waals surface area (Å²) in [6, 6.07) is 0. The van der Waals surface area contributed by atoms with Gasteiger partial charge in [0.1, 0.15) is 11.2 Å². The van der Waals surface area contributed by atoms with Crippen molar-refractivity contribution >= 4 is 205 Å². The maximum absolute atomic E-state index is 11.6. The molecule has 1 unspecified atom stereocenters. The van der Waals surface area contributed by atoms with Gasteiger partial charge in [0.15, 0.2) is 5.60 Å². The van der Waals surface area contributed by atoms with Crippen LogP contribution in [0.1, 0.15) is 38.5 Å². The molecule has 1 atom stereocenters. The molecule has 214 valence electrons. The summed E-state index contributed by atoms with van der Waals surface area (Å²) in [5.41, 5.74) is -9.71. The van der Waals surface area contributed by atoms with Gasteiger partial charge in [-0.3, -0.25) is 4.79 Å². The summed E-state index contributed by atoms with van der Waals surface area (Å²) in [5, 5.41) is 102. The smallest absolute Gasteiger partial charge is 0.550 e. The zero-order chi connectivity index (χ0) is 30.6. The van der Waals surface area contributed by atoms with Crippen LogP contribution in [0.2, 0.25) is 0 Å². The standard InChI is InChI=1S/C12H14O13.C6H8O7.4Ca/c13-5(14)1-11(24,9(20)21)4-8(19)25-12(10(22)23,2-6(15)16)3-7(17)18;7-3(8)1-6(13,5(11)12)2-4(9)10;;;;/h24H,1-4H2,(H,13,14)(H,15,16)(H,17,18)(H,20,21)(H,22,23);13H,1-2H2,(H,7,8)(H,9,10)(H,11,12);;;;/q;;4*+2/p-8. The van der Waals surface area contributed by atoms with E-state index in [0.717, 1.165) is 0 Å². The van der Waals surface area contributed by atoms with Gasteiger partial charge in [-0.2, -0.15) is 0 Å². The van der Waals surface area contributed by atoms with Crippen LogP contribution >= 0.6 is 0 Å². The van der Waals surface area contributed by atoms with E-state index in [4.69, 9.17) is 5.11 Å². The van der Waals surface area contributed by atoms with Crippen LogP contribution < -0.4 is 40.9 Å². The minimum Gasteiger partial charge on any atom is -0.550 e. The van der Waals surface area contributed by atoms with Crippen LogP contribution in [0, 0.1) is 0 Å². The zero-order valence-electron chi connectivity index (χ0n) is 21.3. The fraction of sp³-hybridized carbons (Fsp3) is 0.500. The fourth-order valence-electron chi connectivity index (χ4n) is 2.41. The molecule has 0 aromatic heterocycles. The second kappa shape index (κ2) is 24.4. The first-order valence-electron chi connectivity index (χ1n) is 9.32. The van der Waals surface area contributed by atoms with E-state index < -0.39 is 109 Å². The first-order chi connectivity index (χ1) is 17.0. The van der Waals surface area contributed by atoms with Crippen molar-refractivity contribution < 1.29 is 99.0 Å². The third-order valence-electron chi connectivity index (χ3n) is 4.05. The molecule has 2 N–H and O–H groups in total. The molecule has 0 saturated carbocycles. The van der Waals surface area contributed by atoms with Crippen LogP contribution in [0.4, 0.5) is 0 Å². The van der Waals surface area contributed by atoms with Gasteiger partial charge in [-0.05, 0) is 0 Å². The fourth-order valence-corrected chi connectivity index (χ4v) is 2.41. The maximum Gasteiger partial charge on any atom is 2.00 e. The Morgan fingerprint density at radius 2 is 0.667 bits per heavy atom. The van der Waals surface area contributed by atoms with Gasteiger partial charge in [0.2, 0.25) is 0 Å². The van der Waals surface area contributed by atoms with Gasteiger partial charge in [-0.15, -0.1) is 0 Å². The third-order valence-corrected chi connectivity index (χ3v) is 4.05. The number of ether oxygens (including phenoxy) is 1. The molecule has 20 nitrogen and oxygen atoms in total. The van der Waals surface area contributed by atoms with E-state index in [1.165, 1.54) is 0 Å². The Morgan fingerprint density at radius 3 is 0.857 bits per heavy atom. The molecular formula is C18H14Ca4O20. The van der Waals surface area contributed by atoms with Crippen molar-refractivity contribution in [1.82, 2.24) is 0 Å². The molecule has 0 bridgehead atoms. The number of carboxylic acid groups (broad SMARTS) is 8. The molecule has 0 aromatic carbocycles. The summed E-state index contributed by atoms with van der Waals surface area (Å²) in [4.78, 5) is 95.0. The molecule has 0 aliphatic heterocycles. The topological polar surface area (TPSA) is 388 Å². The van der Waals surface area contributed by atoms with E-state index in [1.54, 1.807) is 0 Å². The summed E-state index contributed by atoms with van der Waals surface area (Å²) in [7, 11) is 0. The predicted molar refractivity (Wildman–Crippen MR) is 109 cm³/mol. The van der Waals surface area contributed by atoms with Gasteiger partial charge < -0.3 is 94.2 Å². The van der Waals surface area contributed by atoms with Crippen LogP contribution in [0.5, 0.6) is 0 Å². The summed E-state index contributed by atoms with van der Waals surface area (Å²) >= 11 is 0. The molecule has 0 aliphatic rings. The minimum absolute atomic E-state index is 0. The van der Waals surface area contributed by atoms with Gasteiger partial charge in [-0.25, -0.2) is 0 Å². The maximum atomic E-state index is 11.6. The Balaban J connectivity index is -0.000000164. The second-order valence-electron chi connectivity index (χ2n) is 7.31. The quantitative estimate of drug-likeness (QED) is 0.111. The monoisotopic (exact) mass is 710 g/mol. The molecule has 24 heteroatoms. The van der Waals surface area contributed by atoms with Crippen LogP contribution in [-0.2, 0) is 47.9 Å². The first-order valence-corrected chi connectivity index (χ1v) is 9.32. The average Bonchev–Trinajstić information content (AvgIpc) is 2.64. The van der Waals surface area contributed by atoms with Crippen molar-refractivity contribution in [2.24, 2.45) is 0 Å². The predicted octanol–water partition coefficient (Wildman–Crippen LogP) is -15.5. The number of hydrogen-bond donors (Lipinski definition) is 2. The summed E-state index contributed by atoms with van der Waals surface area (Å²) in [6.45, 7) is 0. The molecule has 0 rings (SSSR count). The molecule has 0 fully saturated rings. The van der Waals surface area contributed by atoms with Crippen molar-refractivity contribution in [3.8, 4) is 0 Å². The normalized spacial score (nSPS) is 11.3. The molecule has 0 aliphatic carbocycles. The first kappa shape index (κ1) is 54.7. The van der Waals surface area contributed by atoms with E-state index in [1.807, 2.05) is 0 Å². The second-order valence-corrected chi connectivity index (χ2v) is 7.31. The van der Waals surface area contributed by atoms with Crippen LogP contribution in [-0.4, -0.2) is 232 Å². The number of esters is 1. The number of carboxylic acids is 8.